The van der Waals surface area contributed by atoms with E-state index in [9.17, 15) is 8.42 Å². The highest BCUT2D eigenvalue weighted by molar-refractivity contribution is 7.92. The minimum atomic E-state index is -3.25. The second-order valence-corrected chi connectivity index (χ2v) is 6.69. The van der Waals surface area contributed by atoms with E-state index < -0.39 is 10.0 Å². The molecule has 100 valence electrons. The van der Waals surface area contributed by atoms with Crippen LogP contribution in [0.1, 0.15) is 19.8 Å². The molecule has 0 unspecified atom stereocenters. The zero-order valence-electron chi connectivity index (χ0n) is 11.0. The van der Waals surface area contributed by atoms with E-state index in [1.807, 2.05) is 6.92 Å². The van der Waals surface area contributed by atoms with Gasteiger partial charge in [0.15, 0.2) is 0 Å². The molecule has 0 aliphatic heterocycles. The highest BCUT2D eigenvalue weighted by Crippen LogP contribution is 2.38. The predicted octanol–water partition coefficient (Wildman–Crippen LogP) is 2.26. The number of hydrogen-bond acceptors (Lipinski definition) is 3. The third-order valence-electron chi connectivity index (χ3n) is 3.36. The van der Waals surface area contributed by atoms with Crippen molar-refractivity contribution in [3.63, 3.8) is 0 Å². The molecular weight excluding hydrogens is 250 g/mol. The van der Waals surface area contributed by atoms with Crippen molar-refractivity contribution in [3.05, 3.63) is 24.3 Å². The first-order valence-electron chi connectivity index (χ1n) is 6.07. The van der Waals surface area contributed by atoms with E-state index in [4.69, 9.17) is 4.74 Å². The summed E-state index contributed by atoms with van der Waals surface area (Å²) in [5, 5.41) is 0. The third kappa shape index (κ3) is 2.77. The van der Waals surface area contributed by atoms with Crippen LogP contribution in [-0.4, -0.2) is 27.8 Å². The van der Waals surface area contributed by atoms with Gasteiger partial charge in [0.25, 0.3) is 0 Å². The van der Waals surface area contributed by atoms with Gasteiger partial charge in [0, 0.05) is 6.04 Å². The van der Waals surface area contributed by atoms with Gasteiger partial charge in [0.2, 0.25) is 10.0 Å². The van der Waals surface area contributed by atoms with Crippen molar-refractivity contribution in [2.75, 3.05) is 17.7 Å². The molecule has 0 bridgehead atoms. The van der Waals surface area contributed by atoms with Crippen molar-refractivity contribution < 1.29 is 13.2 Å². The molecule has 1 aromatic carbocycles. The first-order chi connectivity index (χ1) is 8.43. The molecule has 0 aromatic heterocycles. The molecule has 4 nitrogen and oxygen atoms in total. The highest BCUT2D eigenvalue weighted by Gasteiger charge is 2.36. The standard InChI is InChI=1S/C13H19NO3S/c1-10(11-4-5-11)14(18(3,15)16)12-6-8-13(17-2)9-7-12/h6-11H,4-5H2,1-3H3/t10-/m0/s1. The molecule has 1 atom stereocenters. The fraction of sp³-hybridized carbons (Fsp3) is 0.538. The van der Waals surface area contributed by atoms with Crippen molar-refractivity contribution in [2.24, 2.45) is 5.92 Å². The Kier molecular flexibility index (Phi) is 3.52. The summed E-state index contributed by atoms with van der Waals surface area (Å²) in [6.45, 7) is 1.98. The van der Waals surface area contributed by atoms with Gasteiger partial charge in [0.05, 0.1) is 19.1 Å². The van der Waals surface area contributed by atoms with Crippen LogP contribution < -0.4 is 9.04 Å². The van der Waals surface area contributed by atoms with Crippen LogP contribution in [0.4, 0.5) is 5.69 Å². The first-order valence-corrected chi connectivity index (χ1v) is 7.92. The topological polar surface area (TPSA) is 46.6 Å². The van der Waals surface area contributed by atoms with E-state index >= 15 is 0 Å². The number of ether oxygens (including phenoxy) is 1. The van der Waals surface area contributed by atoms with Gasteiger partial charge >= 0.3 is 0 Å². The number of methoxy groups -OCH3 is 1. The lowest BCUT2D eigenvalue weighted by molar-refractivity contribution is 0.415. The zero-order chi connectivity index (χ0) is 13.3. The normalized spacial score (nSPS) is 17.3. The summed E-state index contributed by atoms with van der Waals surface area (Å²) in [5.74, 6) is 1.22. The van der Waals surface area contributed by atoms with Gasteiger partial charge in [-0.1, -0.05) is 0 Å². The van der Waals surface area contributed by atoms with Crippen LogP contribution in [-0.2, 0) is 10.0 Å². The van der Waals surface area contributed by atoms with Crippen molar-refractivity contribution in [2.45, 2.75) is 25.8 Å². The first kappa shape index (κ1) is 13.2. The Hall–Kier alpha value is -1.23. The molecular formula is C13H19NO3S. The largest absolute Gasteiger partial charge is 0.497 e. The van der Waals surface area contributed by atoms with Gasteiger partial charge in [0.1, 0.15) is 5.75 Å². The molecule has 5 heteroatoms. The van der Waals surface area contributed by atoms with Crippen molar-refractivity contribution in [3.8, 4) is 5.75 Å². The number of hydrogen-bond donors (Lipinski definition) is 0. The van der Waals surface area contributed by atoms with Crippen molar-refractivity contribution in [1.82, 2.24) is 0 Å². The molecule has 1 aromatic rings. The van der Waals surface area contributed by atoms with Gasteiger partial charge in [-0.25, -0.2) is 8.42 Å². The van der Waals surface area contributed by atoms with Gasteiger partial charge in [-0.3, -0.25) is 4.31 Å². The lowest BCUT2D eigenvalue weighted by Crippen LogP contribution is -2.39. The quantitative estimate of drug-likeness (QED) is 0.823. The zero-order valence-corrected chi connectivity index (χ0v) is 11.8. The molecule has 1 fully saturated rings. The molecule has 2 rings (SSSR count). The predicted molar refractivity (Wildman–Crippen MR) is 72.5 cm³/mol. The summed E-state index contributed by atoms with van der Waals surface area (Å²) in [6.07, 6.45) is 3.49. The molecule has 0 spiro atoms. The van der Waals surface area contributed by atoms with Gasteiger partial charge in [-0.2, -0.15) is 0 Å². The van der Waals surface area contributed by atoms with Crippen LogP contribution in [0.25, 0.3) is 0 Å². The lowest BCUT2D eigenvalue weighted by atomic mass is 10.2. The Morgan fingerprint density at radius 3 is 2.22 bits per heavy atom. The molecule has 1 aliphatic carbocycles. The Morgan fingerprint density at radius 2 is 1.83 bits per heavy atom. The van der Waals surface area contributed by atoms with E-state index in [1.54, 1.807) is 31.4 Å². The Balaban J connectivity index is 2.33. The minimum Gasteiger partial charge on any atom is -0.497 e. The van der Waals surface area contributed by atoms with Gasteiger partial charge < -0.3 is 4.74 Å². The van der Waals surface area contributed by atoms with Crippen LogP contribution in [0.15, 0.2) is 24.3 Å². The summed E-state index contributed by atoms with van der Waals surface area (Å²) in [7, 11) is -1.66. The smallest absolute Gasteiger partial charge is 0.232 e. The minimum absolute atomic E-state index is 0.0217. The van der Waals surface area contributed by atoms with E-state index in [-0.39, 0.29) is 6.04 Å². The Morgan fingerprint density at radius 1 is 1.28 bits per heavy atom. The molecule has 0 amide bonds. The average Bonchev–Trinajstić information content (AvgIpc) is 3.12. The Labute approximate surface area is 109 Å². The van der Waals surface area contributed by atoms with Crippen LogP contribution in [0.3, 0.4) is 0 Å². The SMILES string of the molecule is COc1ccc(N([C@@H](C)C2CC2)S(C)(=O)=O)cc1. The summed E-state index contributed by atoms with van der Waals surface area (Å²) in [4.78, 5) is 0. The number of rotatable bonds is 5. The number of sulfonamides is 1. The molecule has 0 heterocycles. The van der Waals surface area contributed by atoms with Crippen LogP contribution in [0.5, 0.6) is 5.75 Å². The summed E-state index contributed by atoms with van der Waals surface area (Å²) < 4.78 is 30.5. The maximum absolute atomic E-state index is 12.0. The monoisotopic (exact) mass is 269 g/mol. The molecule has 0 radical (unpaired) electrons. The number of benzene rings is 1. The molecule has 1 saturated carbocycles. The fourth-order valence-electron chi connectivity index (χ4n) is 2.23. The number of nitrogens with zero attached hydrogens (tertiary/aromatic N) is 1. The highest BCUT2D eigenvalue weighted by atomic mass is 32.2. The molecule has 0 saturated heterocycles. The second kappa shape index (κ2) is 4.80. The van der Waals surface area contributed by atoms with Gasteiger partial charge in [-0.15, -0.1) is 0 Å². The fourth-order valence-corrected chi connectivity index (χ4v) is 3.51. The Bertz CT molecular complexity index is 506. The van der Waals surface area contributed by atoms with Crippen LogP contribution in [0, 0.1) is 5.92 Å². The van der Waals surface area contributed by atoms with Crippen LogP contribution in [0.2, 0.25) is 0 Å². The summed E-state index contributed by atoms with van der Waals surface area (Å²) in [5.41, 5.74) is 0.706. The lowest BCUT2D eigenvalue weighted by Gasteiger charge is -2.29. The van der Waals surface area contributed by atoms with E-state index in [2.05, 4.69) is 0 Å². The van der Waals surface area contributed by atoms with E-state index in [0.29, 0.717) is 11.6 Å². The molecule has 1 aliphatic rings. The van der Waals surface area contributed by atoms with Crippen molar-refractivity contribution in [1.29, 1.82) is 0 Å². The second-order valence-electron chi connectivity index (χ2n) is 4.83. The van der Waals surface area contributed by atoms with E-state index in [1.165, 1.54) is 10.6 Å². The van der Waals surface area contributed by atoms with Crippen molar-refractivity contribution >= 4 is 15.7 Å². The summed E-state index contributed by atoms with van der Waals surface area (Å²) >= 11 is 0. The average molecular weight is 269 g/mol. The third-order valence-corrected chi connectivity index (χ3v) is 4.62. The number of anilines is 1. The van der Waals surface area contributed by atoms with Gasteiger partial charge in [-0.05, 0) is 49.9 Å². The molecule has 18 heavy (non-hydrogen) atoms. The maximum Gasteiger partial charge on any atom is 0.232 e. The maximum atomic E-state index is 12.0. The van der Waals surface area contributed by atoms with Crippen LogP contribution >= 0.6 is 0 Å². The molecule has 0 N–H and O–H groups in total. The van der Waals surface area contributed by atoms with E-state index in [0.717, 1.165) is 18.6 Å². The summed E-state index contributed by atoms with van der Waals surface area (Å²) in [6, 6.07) is 7.17.